The summed E-state index contributed by atoms with van der Waals surface area (Å²) in [4.78, 5) is 51.3. The predicted molar refractivity (Wildman–Crippen MR) is 298 cm³/mol. The van der Waals surface area contributed by atoms with Crippen LogP contribution < -0.4 is 10.6 Å². The van der Waals surface area contributed by atoms with Crippen molar-refractivity contribution in [2.24, 2.45) is 20.6 Å². The molecule has 0 heterocycles. The molecule has 0 aliphatic carbocycles. The second-order valence-electron chi connectivity index (χ2n) is 15.3. The Bertz CT molecular complexity index is 2530. The largest absolute Gasteiger partial charge is 0.507 e. The van der Waals surface area contributed by atoms with Crippen molar-refractivity contribution in [2.75, 3.05) is 36.1 Å². The van der Waals surface area contributed by atoms with E-state index in [9.17, 15) is 60.4 Å². The lowest BCUT2D eigenvalue weighted by molar-refractivity contribution is -0.115. The summed E-state index contributed by atoms with van der Waals surface area (Å²) in [6.45, 7) is 0.486. The van der Waals surface area contributed by atoms with Crippen LogP contribution in [0.4, 0.5) is 0 Å². The molecular formula is C46H48Br4N6O12S4. The topological polar surface area (TPSA) is 304 Å². The SMILES string of the molecule is O=C(CCCSSCCCC(=O)/C(Cc1cc(Br)c(O)c(-c2cc(C/C(=N/O)C(=O)NCCSSCCNC(=O)/C(Cc3ccc(O)c(Br)c3)=N\O)cc(Br)c2O)c1)=N\O)/C(Cc1ccc(O)c(Br)c1)=N\O. The number of oxime groups is 4. The van der Waals surface area contributed by atoms with Crippen LogP contribution >= 0.6 is 107 Å². The third kappa shape index (κ3) is 19.1. The number of ketones is 2. The Hall–Kier alpha value is -4.44. The van der Waals surface area contributed by atoms with Gasteiger partial charge in [0.05, 0.1) is 17.9 Å². The molecule has 0 fully saturated rings. The molecule has 0 aliphatic heterocycles. The number of amides is 2. The summed E-state index contributed by atoms with van der Waals surface area (Å²) in [5, 5.41) is 98.1. The molecule has 0 saturated heterocycles. The van der Waals surface area contributed by atoms with Gasteiger partial charge in [-0.05, 0) is 147 Å². The van der Waals surface area contributed by atoms with Gasteiger partial charge in [-0.3, -0.25) is 19.2 Å². The zero-order valence-electron chi connectivity index (χ0n) is 37.8. The molecule has 386 valence electrons. The molecule has 0 saturated carbocycles. The van der Waals surface area contributed by atoms with Crippen LogP contribution in [0.1, 0.15) is 47.9 Å². The fourth-order valence-corrected chi connectivity index (χ4v) is 12.3. The lowest BCUT2D eigenvalue weighted by Crippen LogP contribution is -2.34. The highest BCUT2D eigenvalue weighted by atomic mass is 79.9. The highest BCUT2D eigenvalue weighted by Gasteiger charge is 2.22. The van der Waals surface area contributed by atoms with Crippen molar-refractivity contribution < 1.29 is 60.4 Å². The van der Waals surface area contributed by atoms with E-state index >= 15 is 0 Å². The Morgan fingerprint density at radius 2 is 0.778 bits per heavy atom. The van der Waals surface area contributed by atoms with E-state index < -0.39 is 17.6 Å². The van der Waals surface area contributed by atoms with Gasteiger partial charge in [-0.25, -0.2) is 0 Å². The van der Waals surface area contributed by atoms with Crippen LogP contribution in [0.2, 0.25) is 0 Å². The summed E-state index contributed by atoms with van der Waals surface area (Å²) in [6, 6.07) is 15.6. The molecule has 0 radical (unpaired) electrons. The minimum atomic E-state index is -0.645. The second kappa shape index (κ2) is 31.3. The number of hydrogen-bond donors (Lipinski definition) is 10. The number of nitrogens with one attached hydrogen (secondary N) is 2. The third-order valence-electron chi connectivity index (χ3n) is 10.1. The zero-order valence-corrected chi connectivity index (χ0v) is 47.4. The molecule has 26 heteroatoms. The molecule has 72 heavy (non-hydrogen) atoms. The van der Waals surface area contributed by atoms with Gasteiger partial charge < -0.3 is 51.9 Å². The van der Waals surface area contributed by atoms with Crippen molar-refractivity contribution in [1.29, 1.82) is 0 Å². The van der Waals surface area contributed by atoms with E-state index in [2.05, 4.69) is 95.0 Å². The standard InChI is InChI=1S/C46H48Br4N6O12S4/c47-31-17-25(5-7-39(31)57)21-35(53-65)41(59)3-1-11-69-70-12-2-4-42(60)36(54-66)23-27-15-29(43(61)33(49)19-27)30-16-28(20-34(50)44(30)62)24-38(56-68)46(64)52-10-14-72-71-13-9-51-45(63)37(55-67)22-26-6-8-40(58)32(48)18-26/h5-8,15-20,57-58,61-62,65-68H,1-4,9-14,21-24H2,(H,51,63)(H,52,64)/b53-35-,54-36-,55-37-,56-38-. The fraction of sp³-hybridized carbons (Fsp3) is 0.304. The van der Waals surface area contributed by atoms with E-state index in [-0.39, 0.29) is 123 Å². The number of nitrogens with zero attached hydrogens (tertiary/aromatic N) is 4. The van der Waals surface area contributed by atoms with Crippen molar-refractivity contribution in [3.63, 3.8) is 0 Å². The number of aromatic hydroxyl groups is 4. The van der Waals surface area contributed by atoms with Crippen LogP contribution in [0.5, 0.6) is 23.0 Å². The Kier molecular flexibility index (Phi) is 26.2. The first kappa shape index (κ1) is 60.1. The first-order valence-electron chi connectivity index (χ1n) is 21.4. The van der Waals surface area contributed by atoms with Crippen molar-refractivity contribution in [1.82, 2.24) is 10.6 Å². The first-order valence-corrected chi connectivity index (χ1v) is 29.6. The van der Waals surface area contributed by atoms with Gasteiger partial charge in [0.25, 0.3) is 11.8 Å². The number of carbonyl (C=O) groups is 4. The van der Waals surface area contributed by atoms with E-state index in [4.69, 9.17) is 0 Å². The quantitative estimate of drug-likeness (QED) is 0.00795. The van der Waals surface area contributed by atoms with Gasteiger partial charge >= 0.3 is 0 Å². The molecular weight excluding hydrogens is 1280 g/mol. The summed E-state index contributed by atoms with van der Waals surface area (Å²) in [7, 11) is 5.92. The number of Topliss-reactive ketones (excluding diaryl/α,β-unsaturated/α-hetero) is 2. The van der Waals surface area contributed by atoms with Crippen LogP contribution in [-0.4, -0.2) is 124 Å². The van der Waals surface area contributed by atoms with E-state index in [0.29, 0.717) is 67.1 Å². The molecule has 4 aromatic rings. The number of hydrogen-bond acceptors (Lipinski definition) is 20. The Balaban J connectivity index is 1.21. The first-order chi connectivity index (χ1) is 34.5. The predicted octanol–water partition coefficient (Wildman–Crippen LogP) is 9.81. The zero-order chi connectivity index (χ0) is 52.7. The Labute approximate surface area is 463 Å². The number of carbonyl (C=O) groups excluding carboxylic acids is 4. The van der Waals surface area contributed by atoms with Crippen LogP contribution in [0.3, 0.4) is 0 Å². The minimum absolute atomic E-state index is 0.0213. The number of halogens is 4. The van der Waals surface area contributed by atoms with Crippen molar-refractivity contribution in [3.05, 3.63) is 101 Å². The number of phenolic OH excluding ortho intramolecular Hbond substituents is 4. The maximum absolute atomic E-state index is 13.1. The molecule has 0 atom stereocenters. The fourth-order valence-electron chi connectivity index (χ4n) is 6.44. The summed E-state index contributed by atoms with van der Waals surface area (Å²) in [6.07, 6.45) is 1.17. The minimum Gasteiger partial charge on any atom is -0.507 e. The van der Waals surface area contributed by atoms with Crippen LogP contribution in [0, 0.1) is 0 Å². The molecule has 0 aromatic heterocycles. The van der Waals surface area contributed by atoms with Gasteiger partial charge in [-0.2, -0.15) is 0 Å². The molecule has 4 aromatic carbocycles. The van der Waals surface area contributed by atoms with Crippen LogP contribution in [0.15, 0.2) is 99.2 Å². The maximum atomic E-state index is 13.1. The number of benzene rings is 4. The Morgan fingerprint density at radius 1 is 0.444 bits per heavy atom. The van der Waals surface area contributed by atoms with Crippen LogP contribution in [-0.2, 0) is 44.9 Å². The van der Waals surface area contributed by atoms with Gasteiger partial charge in [-0.1, -0.05) is 75.9 Å². The third-order valence-corrected chi connectivity index (χ3v) is 17.5. The molecule has 0 spiro atoms. The number of phenols is 4. The summed E-state index contributed by atoms with van der Waals surface area (Å²) >= 11 is 13.1. The van der Waals surface area contributed by atoms with Gasteiger partial charge in [0, 0.05) is 85.8 Å². The average molecular weight is 1320 g/mol. The van der Waals surface area contributed by atoms with Crippen molar-refractivity contribution >= 4 is 153 Å². The lowest BCUT2D eigenvalue weighted by Gasteiger charge is -2.15. The highest BCUT2D eigenvalue weighted by molar-refractivity contribution is 9.11. The lowest BCUT2D eigenvalue weighted by atomic mass is 9.95. The molecule has 2 amide bonds. The van der Waals surface area contributed by atoms with Crippen molar-refractivity contribution in [3.8, 4) is 34.1 Å². The summed E-state index contributed by atoms with van der Waals surface area (Å²) < 4.78 is 1.34. The Morgan fingerprint density at radius 3 is 1.15 bits per heavy atom. The van der Waals surface area contributed by atoms with E-state index in [0.717, 1.165) is 0 Å². The average Bonchev–Trinajstić information content (AvgIpc) is 3.36. The molecule has 0 unspecified atom stereocenters. The van der Waals surface area contributed by atoms with E-state index in [1.807, 2.05) is 0 Å². The van der Waals surface area contributed by atoms with Gasteiger partial charge in [0.15, 0.2) is 11.6 Å². The molecule has 4 rings (SSSR count). The molecule has 10 N–H and O–H groups in total. The van der Waals surface area contributed by atoms with Gasteiger partial charge in [-0.15, -0.1) is 0 Å². The van der Waals surface area contributed by atoms with E-state index in [1.165, 1.54) is 73.5 Å². The van der Waals surface area contributed by atoms with Gasteiger partial charge in [0.1, 0.15) is 45.8 Å². The number of rotatable bonds is 29. The maximum Gasteiger partial charge on any atom is 0.269 e. The second-order valence-corrected chi connectivity index (χ2v) is 24.1. The molecule has 18 nitrogen and oxygen atoms in total. The monoisotopic (exact) mass is 1320 g/mol. The molecule has 0 bridgehead atoms. The summed E-state index contributed by atoms with van der Waals surface area (Å²) in [5.74, 6) is -0.0515. The highest BCUT2D eigenvalue weighted by Crippen LogP contribution is 2.44. The molecule has 0 aliphatic rings. The van der Waals surface area contributed by atoms with Crippen LogP contribution in [0.25, 0.3) is 11.1 Å². The van der Waals surface area contributed by atoms with E-state index in [1.54, 1.807) is 30.3 Å². The smallest absolute Gasteiger partial charge is 0.269 e. The van der Waals surface area contributed by atoms with Crippen molar-refractivity contribution in [2.45, 2.75) is 51.4 Å². The summed E-state index contributed by atoms with van der Waals surface area (Å²) in [5.41, 5.74) is 2.10. The van der Waals surface area contributed by atoms with Gasteiger partial charge in [0.2, 0.25) is 0 Å². The normalized spacial score (nSPS) is 12.2.